The van der Waals surface area contributed by atoms with Gasteiger partial charge in [0.25, 0.3) is 11.3 Å². The Morgan fingerprint density at radius 2 is 2.25 bits per heavy atom. The highest BCUT2D eigenvalue weighted by atomic mass is 16.5. The largest absolute Gasteiger partial charge is 0.461 e. The van der Waals surface area contributed by atoms with Crippen molar-refractivity contribution in [1.29, 1.82) is 0 Å². The van der Waals surface area contributed by atoms with Crippen molar-refractivity contribution in [3.05, 3.63) is 22.4 Å². The summed E-state index contributed by atoms with van der Waals surface area (Å²) in [5, 5.41) is 3.64. The molecule has 0 spiro atoms. The Morgan fingerprint density at radius 1 is 1.50 bits per heavy atom. The molecule has 0 fully saturated rings. The zero-order valence-corrected chi connectivity index (χ0v) is 11.6. The Balaban J connectivity index is 2.45. The van der Waals surface area contributed by atoms with Crippen LogP contribution in [0.5, 0.6) is 0 Å². The second-order valence-corrected chi connectivity index (χ2v) is 4.48. The van der Waals surface area contributed by atoms with Gasteiger partial charge in [-0.25, -0.2) is 9.78 Å². The minimum absolute atomic E-state index is 0.0409. The van der Waals surface area contributed by atoms with Crippen LogP contribution in [-0.4, -0.2) is 52.8 Å². The minimum Gasteiger partial charge on any atom is -0.461 e. The molecule has 0 unspecified atom stereocenters. The number of hydrogen-bond donors (Lipinski definition) is 0. The number of hydrogen-bond acceptors (Lipinski definition) is 7. The number of carbonyl (C=O) groups excluding carboxylic acids is 1. The maximum Gasteiger partial charge on any atom is 0.361 e. The van der Waals surface area contributed by atoms with Gasteiger partial charge in [-0.15, -0.1) is 0 Å². The van der Waals surface area contributed by atoms with Gasteiger partial charge in [0.2, 0.25) is 5.69 Å². The number of fused-ring (bicyclic) bond motifs is 1. The topological polar surface area (TPSA) is 90.5 Å². The van der Waals surface area contributed by atoms with Crippen molar-refractivity contribution in [3.8, 4) is 0 Å². The highest BCUT2D eigenvalue weighted by Gasteiger charge is 2.22. The van der Waals surface area contributed by atoms with E-state index >= 15 is 0 Å². The van der Waals surface area contributed by atoms with Crippen LogP contribution in [0.4, 0.5) is 0 Å². The van der Waals surface area contributed by atoms with Crippen LogP contribution >= 0.6 is 0 Å². The van der Waals surface area contributed by atoms with Gasteiger partial charge < -0.3 is 14.2 Å². The van der Waals surface area contributed by atoms with Crippen LogP contribution in [0.15, 0.2) is 15.6 Å². The summed E-state index contributed by atoms with van der Waals surface area (Å²) < 4.78 is 11.2. The molecule has 2 aromatic heterocycles. The second-order valence-electron chi connectivity index (χ2n) is 4.48. The standard InChI is InChI=1S/C12H16N4O4/c1-4-19-12(18)9-8-10(20-14-9)13-7-16(11(8)17)6-5-15(2)3/h7H,4-6H2,1-3H3. The third kappa shape index (κ3) is 2.69. The van der Waals surface area contributed by atoms with E-state index < -0.39 is 5.97 Å². The van der Waals surface area contributed by atoms with Gasteiger partial charge >= 0.3 is 5.97 Å². The lowest BCUT2D eigenvalue weighted by molar-refractivity contribution is 0.0516. The van der Waals surface area contributed by atoms with E-state index in [4.69, 9.17) is 9.26 Å². The van der Waals surface area contributed by atoms with Crippen LogP contribution in [-0.2, 0) is 11.3 Å². The van der Waals surface area contributed by atoms with Crippen LogP contribution in [0.3, 0.4) is 0 Å². The molecule has 0 atom stereocenters. The molecule has 8 heteroatoms. The Labute approximate surface area is 114 Å². The van der Waals surface area contributed by atoms with Gasteiger partial charge in [-0.3, -0.25) is 9.36 Å². The fourth-order valence-electron chi connectivity index (χ4n) is 1.69. The first kappa shape index (κ1) is 14.2. The van der Waals surface area contributed by atoms with Gasteiger partial charge in [0.15, 0.2) is 0 Å². The lowest BCUT2D eigenvalue weighted by Crippen LogP contribution is -2.27. The molecule has 0 aliphatic rings. The highest BCUT2D eigenvalue weighted by molar-refractivity contribution is 5.99. The van der Waals surface area contributed by atoms with Crippen LogP contribution in [0.25, 0.3) is 11.1 Å². The van der Waals surface area contributed by atoms with Crippen molar-refractivity contribution in [1.82, 2.24) is 19.6 Å². The molecule has 2 aromatic rings. The van der Waals surface area contributed by atoms with Crippen molar-refractivity contribution in [2.75, 3.05) is 27.2 Å². The maximum absolute atomic E-state index is 12.3. The van der Waals surface area contributed by atoms with Gasteiger partial charge in [-0.1, -0.05) is 5.16 Å². The molecule has 8 nitrogen and oxygen atoms in total. The highest BCUT2D eigenvalue weighted by Crippen LogP contribution is 2.12. The van der Waals surface area contributed by atoms with E-state index in [1.165, 1.54) is 10.9 Å². The molecule has 0 aliphatic carbocycles. The van der Waals surface area contributed by atoms with E-state index in [1.807, 2.05) is 19.0 Å². The fraction of sp³-hybridized carbons (Fsp3) is 0.500. The summed E-state index contributed by atoms with van der Waals surface area (Å²) in [6.07, 6.45) is 1.38. The number of carbonyl (C=O) groups is 1. The monoisotopic (exact) mass is 280 g/mol. The number of esters is 1. The van der Waals surface area contributed by atoms with E-state index in [2.05, 4.69) is 10.1 Å². The molecule has 0 aliphatic heterocycles. The molecule has 2 rings (SSSR count). The number of nitrogens with zero attached hydrogens (tertiary/aromatic N) is 4. The Bertz CT molecular complexity index is 674. The summed E-state index contributed by atoms with van der Waals surface area (Å²) in [6.45, 7) is 3.01. The molecule has 20 heavy (non-hydrogen) atoms. The first-order chi connectivity index (χ1) is 9.54. The molecule has 0 N–H and O–H groups in total. The Hall–Kier alpha value is -2.22. The molecule has 0 saturated heterocycles. The summed E-state index contributed by atoms with van der Waals surface area (Å²) in [6, 6.07) is 0. The van der Waals surface area contributed by atoms with Crippen LogP contribution in [0, 0.1) is 0 Å². The predicted octanol–water partition coefficient (Wildman–Crippen LogP) is 0.123. The number of ether oxygens (including phenoxy) is 1. The third-order valence-corrected chi connectivity index (χ3v) is 2.72. The number of aromatic nitrogens is 3. The van der Waals surface area contributed by atoms with Gasteiger partial charge in [0.05, 0.1) is 6.61 Å². The summed E-state index contributed by atoms with van der Waals surface area (Å²) in [5.74, 6) is -0.685. The molecule has 0 amide bonds. The number of rotatable bonds is 5. The summed E-state index contributed by atoms with van der Waals surface area (Å²) in [4.78, 5) is 30.0. The van der Waals surface area contributed by atoms with E-state index in [9.17, 15) is 9.59 Å². The van der Waals surface area contributed by atoms with E-state index in [1.54, 1.807) is 6.92 Å². The molecule has 0 bridgehead atoms. The second kappa shape index (κ2) is 5.83. The molecule has 0 radical (unpaired) electrons. The minimum atomic E-state index is -0.685. The first-order valence-electron chi connectivity index (χ1n) is 6.21. The molecule has 2 heterocycles. The average Bonchev–Trinajstić information content (AvgIpc) is 2.83. The van der Waals surface area contributed by atoms with Crippen molar-refractivity contribution in [2.45, 2.75) is 13.5 Å². The molecule has 0 aromatic carbocycles. The zero-order valence-electron chi connectivity index (χ0n) is 11.6. The van der Waals surface area contributed by atoms with Gasteiger partial charge in [0, 0.05) is 13.1 Å². The SMILES string of the molecule is CCOC(=O)c1noc2ncn(CCN(C)C)c(=O)c12. The normalized spacial score (nSPS) is 11.2. The van der Waals surface area contributed by atoms with Crippen molar-refractivity contribution in [2.24, 2.45) is 0 Å². The van der Waals surface area contributed by atoms with Crippen molar-refractivity contribution in [3.63, 3.8) is 0 Å². The third-order valence-electron chi connectivity index (χ3n) is 2.72. The Morgan fingerprint density at radius 3 is 2.90 bits per heavy atom. The predicted molar refractivity (Wildman–Crippen MR) is 70.6 cm³/mol. The lowest BCUT2D eigenvalue weighted by Gasteiger charge is -2.10. The maximum atomic E-state index is 12.3. The summed E-state index contributed by atoms with van der Waals surface area (Å²) in [5.41, 5.74) is -0.445. The van der Waals surface area contributed by atoms with Gasteiger partial charge in [-0.05, 0) is 21.0 Å². The molecule has 0 saturated carbocycles. The summed E-state index contributed by atoms with van der Waals surface area (Å²) in [7, 11) is 3.81. The smallest absolute Gasteiger partial charge is 0.361 e. The molecular formula is C12H16N4O4. The summed E-state index contributed by atoms with van der Waals surface area (Å²) >= 11 is 0. The van der Waals surface area contributed by atoms with Crippen LogP contribution in [0.1, 0.15) is 17.4 Å². The Kier molecular flexibility index (Phi) is 4.14. The first-order valence-corrected chi connectivity index (χ1v) is 6.21. The van der Waals surface area contributed by atoms with E-state index in [0.29, 0.717) is 13.1 Å². The molecular weight excluding hydrogens is 264 g/mol. The van der Waals surface area contributed by atoms with Crippen LogP contribution < -0.4 is 5.56 Å². The van der Waals surface area contributed by atoms with E-state index in [-0.39, 0.29) is 29.0 Å². The van der Waals surface area contributed by atoms with Crippen LogP contribution in [0.2, 0.25) is 0 Å². The van der Waals surface area contributed by atoms with Crippen molar-refractivity contribution < 1.29 is 14.1 Å². The average molecular weight is 280 g/mol. The van der Waals surface area contributed by atoms with Gasteiger partial charge in [-0.2, -0.15) is 0 Å². The quantitative estimate of drug-likeness (QED) is 0.718. The van der Waals surface area contributed by atoms with Crippen molar-refractivity contribution >= 4 is 17.1 Å². The van der Waals surface area contributed by atoms with Gasteiger partial charge in [0.1, 0.15) is 11.7 Å². The molecule has 108 valence electrons. The zero-order chi connectivity index (χ0) is 14.7. The lowest BCUT2D eigenvalue weighted by atomic mass is 10.3. The fourth-order valence-corrected chi connectivity index (χ4v) is 1.69. The number of likely N-dealkylation sites (N-methyl/N-ethyl adjacent to an activating group) is 1. The van der Waals surface area contributed by atoms with E-state index in [0.717, 1.165) is 0 Å².